The number of hydrogen-bond acceptors (Lipinski definition) is 5. The van der Waals surface area contributed by atoms with Gasteiger partial charge in [-0.2, -0.15) is 0 Å². The summed E-state index contributed by atoms with van der Waals surface area (Å²) >= 11 is 6.26. The van der Waals surface area contributed by atoms with Crippen molar-refractivity contribution < 1.29 is 9.53 Å². The lowest BCUT2D eigenvalue weighted by Gasteiger charge is -2.29. The molecule has 0 aromatic carbocycles. The van der Waals surface area contributed by atoms with Crippen LogP contribution in [-0.2, 0) is 4.74 Å². The maximum atomic E-state index is 12.2. The van der Waals surface area contributed by atoms with Crippen LogP contribution in [0.25, 0.3) is 0 Å². The van der Waals surface area contributed by atoms with E-state index in [-0.39, 0.29) is 18.2 Å². The Hall–Kier alpha value is -1.53. The second kappa shape index (κ2) is 6.76. The maximum Gasteiger partial charge on any atom is 0.410 e. The number of halogens is 1. The Morgan fingerprint density at radius 2 is 2.04 bits per heavy atom. The number of carbonyl (C=O) groups excluding carboxylic acids is 1. The summed E-state index contributed by atoms with van der Waals surface area (Å²) < 4.78 is 5.59. The summed E-state index contributed by atoms with van der Waals surface area (Å²) in [5.74, 6) is 0.778. The molecule has 2 atom stereocenters. The monoisotopic (exact) mass is 350 g/mol. The summed E-state index contributed by atoms with van der Waals surface area (Å²) in [5.41, 5.74) is 0. The van der Waals surface area contributed by atoms with Crippen molar-refractivity contribution in [2.45, 2.75) is 31.4 Å². The van der Waals surface area contributed by atoms with Crippen LogP contribution in [0, 0.1) is 0 Å². The number of anilines is 1. The van der Waals surface area contributed by atoms with E-state index in [1.165, 1.54) is 19.3 Å². The number of pyridine rings is 1. The standard InChI is InChI=1S/C17H23ClN4O2/c18-13-5-4-6-19-16(13)21-11-14-15(12-21)24-17(23)22(14)10-9-20-7-2-1-3-8-20/h4-6,14-15H,1-3,7-12H2/t14-,15+/m0/s1. The number of ether oxygens (including phenoxy) is 1. The van der Waals surface area contributed by atoms with Crippen LogP contribution in [0.3, 0.4) is 0 Å². The van der Waals surface area contributed by atoms with Crippen molar-refractivity contribution in [3.63, 3.8) is 0 Å². The largest absolute Gasteiger partial charge is 0.442 e. The molecule has 1 amide bonds. The Morgan fingerprint density at radius 1 is 1.21 bits per heavy atom. The first-order valence-electron chi connectivity index (χ1n) is 8.77. The van der Waals surface area contributed by atoms with E-state index in [4.69, 9.17) is 16.3 Å². The highest BCUT2D eigenvalue weighted by Gasteiger charge is 2.48. The van der Waals surface area contributed by atoms with Gasteiger partial charge in [0.05, 0.1) is 17.6 Å². The minimum absolute atomic E-state index is 0.0862. The molecule has 0 aliphatic carbocycles. The Bertz CT molecular complexity index is 608. The fourth-order valence-corrected chi connectivity index (χ4v) is 4.22. The molecular weight excluding hydrogens is 328 g/mol. The zero-order valence-electron chi connectivity index (χ0n) is 13.7. The molecule has 0 radical (unpaired) electrons. The van der Waals surface area contributed by atoms with E-state index in [0.717, 1.165) is 38.5 Å². The molecule has 24 heavy (non-hydrogen) atoms. The van der Waals surface area contributed by atoms with Crippen molar-refractivity contribution in [1.82, 2.24) is 14.8 Å². The number of amides is 1. The lowest BCUT2D eigenvalue weighted by Crippen LogP contribution is -2.43. The molecule has 0 unspecified atom stereocenters. The molecular formula is C17H23ClN4O2. The SMILES string of the molecule is O=C1O[C@@H]2CN(c3ncccc3Cl)C[C@@H]2N1CCN1CCCCC1. The second-order valence-corrected chi connectivity index (χ2v) is 7.21. The first-order valence-corrected chi connectivity index (χ1v) is 9.15. The lowest BCUT2D eigenvalue weighted by molar-refractivity contribution is 0.132. The molecule has 3 aliphatic rings. The van der Waals surface area contributed by atoms with Crippen LogP contribution in [0.2, 0.25) is 5.02 Å². The van der Waals surface area contributed by atoms with Crippen molar-refractivity contribution >= 4 is 23.5 Å². The van der Waals surface area contributed by atoms with Crippen LogP contribution in [0.1, 0.15) is 19.3 Å². The Morgan fingerprint density at radius 3 is 2.83 bits per heavy atom. The quantitative estimate of drug-likeness (QED) is 0.833. The fourth-order valence-electron chi connectivity index (χ4n) is 3.98. The zero-order valence-corrected chi connectivity index (χ0v) is 14.5. The highest BCUT2D eigenvalue weighted by molar-refractivity contribution is 6.32. The van der Waals surface area contributed by atoms with E-state index >= 15 is 0 Å². The van der Waals surface area contributed by atoms with Gasteiger partial charge in [-0.25, -0.2) is 9.78 Å². The number of nitrogens with zero attached hydrogens (tertiary/aromatic N) is 4. The molecule has 4 rings (SSSR count). The van der Waals surface area contributed by atoms with E-state index in [1.807, 2.05) is 17.0 Å². The predicted octanol–water partition coefficient (Wildman–Crippen LogP) is 2.23. The van der Waals surface area contributed by atoms with Gasteiger partial charge in [0.15, 0.2) is 0 Å². The van der Waals surface area contributed by atoms with Gasteiger partial charge >= 0.3 is 6.09 Å². The molecule has 3 fully saturated rings. The highest BCUT2D eigenvalue weighted by atomic mass is 35.5. The average Bonchev–Trinajstić information content (AvgIpc) is 3.11. The normalized spacial score (nSPS) is 27.5. The smallest absolute Gasteiger partial charge is 0.410 e. The molecule has 4 heterocycles. The number of carbonyl (C=O) groups is 1. The summed E-state index contributed by atoms with van der Waals surface area (Å²) in [7, 11) is 0. The van der Waals surface area contributed by atoms with E-state index in [9.17, 15) is 4.79 Å². The molecule has 1 aromatic rings. The molecule has 3 saturated heterocycles. The van der Waals surface area contributed by atoms with Crippen LogP contribution in [0.4, 0.5) is 10.6 Å². The summed E-state index contributed by atoms with van der Waals surface area (Å²) in [6, 6.07) is 3.77. The van der Waals surface area contributed by atoms with Gasteiger partial charge in [-0.05, 0) is 38.1 Å². The number of hydrogen-bond donors (Lipinski definition) is 0. The number of fused-ring (bicyclic) bond motifs is 1. The van der Waals surface area contributed by atoms with Crippen LogP contribution in [-0.4, -0.2) is 72.3 Å². The zero-order chi connectivity index (χ0) is 16.5. The van der Waals surface area contributed by atoms with Gasteiger partial charge in [-0.1, -0.05) is 18.0 Å². The number of aromatic nitrogens is 1. The molecule has 0 bridgehead atoms. The molecule has 1 aromatic heterocycles. The van der Waals surface area contributed by atoms with Gasteiger partial charge in [-0.15, -0.1) is 0 Å². The number of likely N-dealkylation sites (tertiary alicyclic amines) is 1. The van der Waals surface area contributed by atoms with E-state index in [1.54, 1.807) is 6.20 Å². The Labute approximate surface area is 147 Å². The average molecular weight is 351 g/mol. The summed E-state index contributed by atoms with van der Waals surface area (Å²) in [6.07, 6.45) is 5.35. The fraction of sp³-hybridized carbons (Fsp3) is 0.647. The lowest BCUT2D eigenvalue weighted by atomic mass is 10.1. The third kappa shape index (κ3) is 3.05. The number of rotatable bonds is 4. The van der Waals surface area contributed by atoms with E-state index in [0.29, 0.717) is 11.6 Å². The summed E-state index contributed by atoms with van der Waals surface area (Å²) in [4.78, 5) is 23.0. The Kier molecular flexibility index (Phi) is 4.50. The van der Waals surface area contributed by atoms with E-state index in [2.05, 4.69) is 14.8 Å². The summed E-state index contributed by atoms with van der Waals surface area (Å²) in [6.45, 7) is 5.35. The Balaban J connectivity index is 1.40. The topological polar surface area (TPSA) is 48.9 Å². The second-order valence-electron chi connectivity index (χ2n) is 6.80. The van der Waals surface area contributed by atoms with Crippen LogP contribution in [0.15, 0.2) is 18.3 Å². The molecule has 7 heteroatoms. The van der Waals surface area contributed by atoms with Gasteiger partial charge in [0, 0.05) is 25.8 Å². The van der Waals surface area contributed by atoms with Crippen molar-refractivity contribution in [2.75, 3.05) is 44.2 Å². The molecule has 130 valence electrons. The minimum atomic E-state index is -0.172. The molecule has 3 aliphatic heterocycles. The van der Waals surface area contributed by atoms with Crippen LogP contribution in [0.5, 0.6) is 0 Å². The molecule has 0 saturated carbocycles. The van der Waals surface area contributed by atoms with E-state index < -0.39 is 0 Å². The van der Waals surface area contributed by atoms with Crippen molar-refractivity contribution in [3.05, 3.63) is 23.4 Å². The van der Waals surface area contributed by atoms with Crippen molar-refractivity contribution in [1.29, 1.82) is 0 Å². The molecule has 0 N–H and O–H groups in total. The van der Waals surface area contributed by atoms with Gasteiger partial charge in [-0.3, -0.25) is 4.90 Å². The summed E-state index contributed by atoms with van der Waals surface area (Å²) in [5, 5.41) is 0.642. The number of piperidine rings is 1. The van der Waals surface area contributed by atoms with Gasteiger partial charge in [0.1, 0.15) is 11.9 Å². The van der Waals surface area contributed by atoms with Gasteiger partial charge in [0.25, 0.3) is 0 Å². The predicted molar refractivity (Wildman–Crippen MR) is 92.5 cm³/mol. The van der Waals surface area contributed by atoms with Crippen LogP contribution < -0.4 is 4.90 Å². The van der Waals surface area contributed by atoms with Gasteiger partial charge < -0.3 is 14.5 Å². The van der Waals surface area contributed by atoms with Crippen molar-refractivity contribution in [3.8, 4) is 0 Å². The first-order chi connectivity index (χ1) is 11.7. The highest BCUT2D eigenvalue weighted by Crippen LogP contribution is 2.32. The molecule has 0 spiro atoms. The third-order valence-corrected chi connectivity index (χ3v) is 5.56. The van der Waals surface area contributed by atoms with Gasteiger partial charge in [0.2, 0.25) is 0 Å². The maximum absolute atomic E-state index is 12.2. The molecule has 6 nitrogen and oxygen atoms in total. The van der Waals surface area contributed by atoms with Crippen LogP contribution >= 0.6 is 11.6 Å². The first kappa shape index (κ1) is 16.0. The third-order valence-electron chi connectivity index (χ3n) is 5.27. The minimum Gasteiger partial charge on any atom is -0.442 e. The van der Waals surface area contributed by atoms with Crippen molar-refractivity contribution in [2.24, 2.45) is 0 Å².